The van der Waals surface area contributed by atoms with Crippen molar-refractivity contribution in [3.8, 4) is 0 Å². The normalized spacial score (nSPS) is 17.6. The number of benzene rings is 2. The van der Waals surface area contributed by atoms with E-state index >= 15 is 0 Å². The zero-order valence-electron chi connectivity index (χ0n) is 29.4. The van der Waals surface area contributed by atoms with Gasteiger partial charge in [0.15, 0.2) is 0 Å². The third kappa shape index (κ3) is 10.1. The van der Waals surface area contributed by atoms with Crippen molar-refractivity contribution < 1.29 is 45.4 Å². The van der Waals surface area contributed by atoms with Gasteiger partial charge >= 0.3 is 12.4 Å². The summed E-state index contributed by atoms with van der Waals surface area (Å²) in [4.78, 5) is 31.6. The molecule has 0 bridgehead atoms. The van der Waals surface area contributed by atoms with E-state index in [1.807, 2.05) is 9.80 Å². The quantitative estimate of drug-likeness (QED) is 0.176. The molecule has 2 amide bonds. The van der Waals surface area contributed by atoms with E-state index in [2.05, 4.69) is 5.32 Å². The summed E-state index contributed by atoms with van der Waals surface area (Å²) in [6.45, 7) is 6.64. The van der Waals surface area contributed by atoms with Crippen molar-refractivity contribution in [2.24, 2.45) is 5.92 Å². The van der Waals surface area contributed by atoms with Gasteiger partial charge in [-0.15, -0.1) is 0 Å². The number of anilines is 4. The lowest BCUT2D eigenvalue weighted by molar-refractivity contribution is -0.138. The molecule has 0 unspecified atom stereocenters. The van der Waals surface area contributed by atoms with Gasteiger partial charge in [-0.1, -0.05) is 19.3 Å². The maximum Gasteiger partial charge on any atom is 0.418 e. The number of nitrogens with zero attached hydrogens (tertiary/aromatic N) is 3. The number of carbonyl (C=O) groups is 2. The van der Waals surface area contributed by atoms with E-state index in [4.69, 9.17) is 9.47 Å². The molecule has 5 rings (SSSR count). The summed E-state index contributed by atoms with van der Waals surface area (Å²) in [5.41, 5.74) is -0.747. The molecule has 0 atom stereocenters. The summed E-state index contributed by atoms with van der Waals surface area (Å²) >= 11 is 0. The number of morpholine rings is 2. The molecule has 282 valence electrons. The van der Waals surface area contributed by atoms with Crippen LogP contribution in [-0.4, -0.2) is 71.0 Å². The van der Waals surface area contributed by atoms with Crippen molar-refractivity contribution >= 4 is 34.6 Å². The van der Waals surface area contributed by atoms with Crippen molar-refractivity contribution in [3.63, 3.8) is 0 Å². The molecular formula is C37H48F6N4O4. The summed E-state index contributed by atoms with van der Waals surface area (Å²) in [5, 5.41) is 2.46. The Hall–Kier alpha value is -3.52. The monoisotopic (exact) mass is 726 g/mol. The Labute approximate surface area is 295 Å². The Bertz CT molecular complexity index is 1510. The molecule has 3 fully saturated rings. The fourth-order valence-corrected chi connectivity index (χ4v) is 7.37. The Morgan fingerprint density at radius 1 is 0.765 bits per heavy atom. The zero-order chi connectivity index (χ0) is 36.8. The average molecular weight is 727 g/mol. The van der Waals surface area contributed by atoms with Crippen LogP contribution in [0.1, 0.15) is 80.0 Å². The van der Waals surface area contributed by atoms with Gasteiger partial charge in [-0.05, 0) is 80.8 Å². The van der Waals surface area contributed by atoms with Gasteiger partial charge in [0, 0.05) is 56.9 Å². The Kier molecular flexibility index (Phi) is 12.8. The van der Waals surface area contributed by atoms with Gasteiger partial charge in [0.05, 0.1) is 48.9 Å². The molecule has 8 nitrogen and oxygen atoms in total. The maximum atomic E-state index is 14.7. The fourth-order valence-electron chi connectivity index (χ4n) is 7.37. The van der Waals surface area contributed by atoms with Crippen molar-refractivity contribution in [3.05, 3.63) is 46.5 Å². The minimum absolute atomic E-state index is 0.0221. The molecule has 14 heteroatoms. The Morgan fingerprint density at radius 3 is 1.84 bits per heavy atom. The SMILES string of the molecule is Cc1cc(N2CCOCC2)cc(C(F)(F)F)c1NC(=O)CCCCCN(C(=O)CC1CCCC1)c1c(C)cc(N2CCOCC2)cc1C(F)(F)F. The molecule has 2 heterocycles. The lowest BCUT2D eigenvalue weighted by Crippen LogP contribution is -2.37. The molecule has 1 aliphatic carbocycles. The largest absolute Gasteiger partial charge is 0.418 e. The second-order valence-electron chi connectivity index (χ2n) is 13.8. The van der Waals surface area contributed by atoms with Crippen molar-refractivity contribution in [1.82, 2.24) is 0 Å². The van der Waals surface area contributed by atoms with Crippen LogP contribution in [0.3, 0.4) is 0 Å². The van der Waals surface area contributed by atoms with E-state index in [1.165, 1.54) is 11.8 Å². The maximum absolute atomic E-state index is 14.7. The number of halogens is 6. The van der Waals surface area contributed by atoms with Crippen LogP contribution < -0.4 is 20.0 Å². The zero-order valence-corrected chi connectivity index (χ0v) is 29.4. The second kappa shape index (κ2) is 16.9. The number of unbranched alkanes of at least 4 members (excludes halogenated alkanes) is 2. The molecule has 1 saturated carbocycles. The predicted molar refractivity (Wildman–Crippen MR) is 184 cm³/mol. The molecule has 2 aromatic rings. The first kappa shape index (κ1) is 38.7. The predicted octanol–water partition coefficient (Wildman–Crippen LogP) is 8.13. The van der Waals surface area contributed by atoms with Crippen LogP contribution in [0.2, 0.25) is 0 Å². The summed E-state index contributed by atoms with van der Waals surface area (Å²) in [5.74, 6) is -0.826. The molecule has 2 saturated heterocycles. The van der Waals surface area contributed by atoms with Crippen LogP contribution in [0.25, 0.3) is 0 Å². The number of nitrogens with one attached hydrogen (secondary N) is 1. The first-order chi connectivity index (χ1) is 24.2. The van der Waals surface area contributed by atoms with Crippen molar-refractivity contribution in [2.45, 2.75) is 84.0 Å². The lowest BCUT2D eigenvalue weighted by atomic mass is 9.99. The molecule has 3 aliphatic rings. The van der Waals surface area contributed by atoms with Gasteiger partial charge < -0.3 is 29.5 Å². The van der Waals surface area contributed by atoms with Gasteiger partial charge in [-0.3, -0.25) is 9.59 Å². The van der Waals surface area contributed by atoms with Crippen molar-refractivity contribution in [2.75, 3.05) is 79.2 Å². The third-order valence-electron chi connectivity index (χ3n) is 10.0. The van der Waals surface area contributed by atoms with E-state index in [1.54, 1.807) is 19.1 Å². The number of hydrogen-bond acceptors (Lipinski definition) is 6. The minimum Gasteiger partial charge on any atom is -0.378 e. The fraction of sp³-hybridized carbons (Fsp3) is 0.622. The van der Waals surface area contributed by atoms with E-state index in [0.717, 1.165) is 37.8 Å². The Morgan fingerprint density at radius 2 is 1.29 bits per heavy atom. The third-order valence-corrected chi connectivity index (χ3v) is 10.0. The lowest BCUT2D eigenvalue weighted by Gasteiger charge is -2.33. The second-order valence-corrected chi connectivity index (χ2v) is 13.8. The smallest absolute Gasteiger partial charge is 0.378 e. The minimum atomic E-state index is -4.71. The number of hydrogen-bond donors (Lipinski definition) is 1. The number of amides is 2. The van der Waals surface area contributed by atoms with E-state index in [-0.39, 0.29) is 54.6 Å². The molecule has 51 heavy (non-hydrogen) atoms. The number of ether oxygens (including phenoxy) is 2. The molecule has 2 aromatic carbocycles. The summed E-state index contributed by atoms with van der Waals surface area (Å²) in [6, 6.07) is 5.49. The first-order valence-electron chi connectivity index (χ1n) is 17.9. The Balaban J connectivity index is 1.27. The highest BCUT2D eigenvalue weighted by molar-refractivity contribution is 5.96. The number of carbonyl (C=O) groups excluding carboxylic acids is 2. The van der Waals surface area contributed by atoms with Crippen LogP contribution in [0.15, 0.2) is 24.3 Å². The van der Waals surface area contributed by atoms with Gasteiger partial charge in [-0.2, -0.15) is 26.3 Å². The topological polar surface area (TPSA) is 74.4 Å². The molecule has 0 spiro atoms. The van der Waals surface area contributed by atoms with Crippen molar-refractivity contribution in [1.29, 1.82) is 0 Å². The highest BCUT2D eigenvalue weighted by atomic mass is 19.4. The van der Waals surface area contributed by atoms with E-state index in [9.17, 15) is 35.9 Å². The van der Waals surface area contributed by atoms with Crippen LogP contribution in [-0.2, 0) is 31.4 Å². The number of aryl methyl sites for hydroxylation is 2. The molecule has 2 aliphatic heterocycles. The van der Waals surface area contributed by atoms with Crippen LogP contribution >= 0.6 is 0 Å². The van der Waals surface area contributed by atoms with E-state index < -0.39 is 29.4 Å². The van der Waals surface area contributed by atoms with Gasteiger partial charge in [0.1, 0.15) is 0 Å². The number of alkyl halides is 6. The molecule has 0 aromatic heterocycles. The highest BCUT2D eigenvalue weighted by Crippen LogP contribution is 2.43. The van der Waals surface area contributed by atoms with Crippen LogP contribution in [0, 0.1) is 19.8 Å². The van der Waals surface area contributed by atoms with Gasteiger partial charge in [-0.25, -0.2) is 0 Å². The first-order valence-corrected chi connectivity index (χ1v) is 17.9. The molecular weight excluding hydrogens is 678 g/mol. The van der Waals surface area contributed by atoms with Crippen LogP contribution in [0.4, 0.5) is 49.1 Å². The number of rotatable bonds is 12. The molecule has 0 radical (unpaired) electrons. The van der Waals surface area contributed by atoms with E-state index in [0.29, 0.717) is 82.4 Å². The summed E-state index contributed by atoms with van der Waals surface area (Å²) in [7, 11) is 0. The summed E-state index contributed by atoms with van der Waals surface area (Å²) < 4.78 is 97.0. The van der Waals surface area contributed by atoms with Gasteiger partial charge in [0.2, 0.25) is 11.8 Å². The van der Waals surface area contributed by atoms with Gasteiger partial charge in [0.25, 0.3) is 0 Å². The molecule has 1 N–H and O–H groups in total. The van der Waals surface area contributed by atoms with Crippen LogP contribution in [0.5, 0.6) is 0 Å². The highest BCUT2D eigenvalue weighted by Gasteiger charge is 2.39. The standard InChI is InChI=1S/C37H48F6N4O4/c1-25-20-28(45-12-16-50-17-13-45)23-30(36(38,39)40)34(25)44-32(48)10-4-3-7-11-47(33(49)22-27-8-5-6-9-27)35-26(2)21-29(24-31(35)37(41,42)43)46-14-18-51-19-15-46/h20-21,23-24,27H,3-19,22H2,1-2H3,(H,44,48). The average Bonchev–Trinajstić information content (AvgIpc) is 3.60. The summed E-state index contributed by atoms with van der Waals surface area (Å²) in [6.07, 6.45) is -4.65.